The first-order valence-corrected chi connectivity index (χ1v) is 5.57. The molecule has 0 amide bonds. The van der Waals surface area contributed by atoms with Gasteiger partial charge in [-0.2, -0.15) is 0 Å². The van der Waals surface area contributed by atoms with E-state index in [0.29, 0.717) is 0 Å². The van der Waals surface area contributed by atoms with Crippen LogP contribution in [0.1, 0.15) is 0 Å². The molecule has 0 N–H and O–H groups in total. The quantitative estimate of drug-likeness (QED) is 0.330. The van der Waals surface area contributed by atoms with Crippen LogP contribution in [0.15, 0.2) is 46.2 Å². The van der Waals surface area contributed by atoms with Crippen molar-refractivity contribution in [2.75, 3.05) is 14.2 Å². The minimum atomic E-state index is -0.504. The third-order valence-electron chi connectivity index (χ3n) is 1.87. The number of thioether (sulfide) groups is 1. The zero-order valence-corrected chi connectivity index (χ0v) is 10.1. The third-order valence-corrected chi connectivity index (χ3v) is 2.94. The molecule has 0 aliphatic heterocycles. The van der Waals surface area contributed by atoms with E-state index in [1.54, 1.807) is 14.2 Å². The maximum atomic E-state index is 10.5. The van der Waals surface area contributed by atoms with Crippen LogP contribution in [0.5, 0.6) is 0 Å². The number of hydrogen-bond acceptors (Lipinski definition) is 4. The predicted molar refractivity (Wildman–Crippen MR) is 64.3 cm³/mol. The highest BCUT2D eigenvalue weighted by atomic mass is 32.2. The van der Waals surface area contributed by atoms with Crippen molar-refractivity contribution in [3.8, 4) is 0 Å². The Labute approximate surface area is 99.4 Å². The molecule has 0 radical (unpaired) electrons. The van der Waals surface area contributed by atoms with Crippen molar-refractivity contribution in [3.05, 3.63) is 41.3 Å². The van der Waals surface area contributed by atoms with Crippen LogP contribution < -0.4 is 0 Å². The van der Waals surface area contributed by atoms with Gasteiger partial charge in [0.25, 0.3) is 0 Å². The average Bonchev–Trinajstić information content (AvgIpc) is 2.32. The summed E-state index contributed by atoms with van der Waals surface area (Å²) in [5.74, 6) is 0. The highest BCUT2D eigenvalue weighted by molar-refractivity contribution is 8.03. The Morgan fingerprint density at radius 2 is 1.88 bits per heavy atom. The Morgan fingerprint density at radius 1 is 1.25 bits per heavy atom. The Morgan fingerprint density at radius 3 is 2.38 bits per heavy atom. The van der Waals surface area contributed by atoms with Crippen LogP contribution in [0.2, 0.25) is 0 Å². The van der Waals surface area contributed by atoms with Gasteiger partial charge < -0.3 is 9.47 Å². The monoisotopic (exact) mass is 238 g/mol. The Balaban J connectivity index is 2.80. The van der Waals surface area contributed by atoms with Crippen LogP contribution >= 0.6 is 11.8 Å². The molecule has 1 aromatic carbocycles. The lowest BCUT2D eigenvalue weighted by Crippen LogP contribution is -2.14. The standard InChI is InChI=1S/C12H14O3S/c1-14-12(15-2)11(8-9-13)16-10-6-4-3-5-7-10/h3-9,12H,1-2H3/b11-8-. The molecule has 0 saturated heterocycles. The molecule has 0 atom stereocenters. The van der Waals surface area contributed by atoms with Crippen LogP contribution in [0.25, 0.3) is 0 Å². The van der Waals surface area contributed by atoms with Crippen molar-refractivity contribution in [3.63, 3.8) is 0 Å². The summed E-state index contributed by atoms with van der Waals surface area (Å²) in [4.78, 5) is 12.3. The summed E-state index contributed by atoms with van der Waals surface area (Å²) in [6.45, 7) is 0. The van der Waals surface area contributed by atoms with Gasteiger partial charge in [0.05, 0.1) is 0 Å². The van der Waals surface area contributed by atoms with Crippen LogP contribution in [0.4, 0.5) is 0 Å². The summed E-state index contributed by atoms with van der Waals surface area (Å²) in [6.07, 6.45) is 1.68. The van der Waals surface area contributed by atoms with E-state index in [1.807, 2.05) is 30.3 Å². The van der Waals surface area contributed by atoms with Crippen molar-refractivity contribution in [1.82, 2.24) is 0 Å². The molecule has 16 heavy (non-hydrogen) atoms. The molecule has 4 heteroatoms. The molecule has 0 unspecified atom stereocenters. The number of carbonyl (C=O) groups is 1. The highest BCUT2D eigenvalue weighted by Crippen LogP contribution is 2.29. The number of carbonyl (C=O) groups excluding carboxylic acids is 1. The Bertz CT molecular complexity index is 345. The number of benzene rings is 1. The maximum absolute atomic E-state index is 10.5. The molecule has 0 aliphatic rings. The zero-order valence-electron chi connectivity index (χ0n) is 9.25. The Hall–Kier alpha value is -1.10. The molecule has 86 valence electrons. The van der Waals surface area contributed by atoms with Gasteiger partial charge in [-0.05, 0) is 18.2 Å². The maximum Gasteiger partial charge on any atom is 0.189 e. The van der Waals surface area contributed by atoms with E-state index in [0.717, 1.165) is 16.1 Å². The van der Waals surface area contributed by atoms with Crippen molar-refractivity contribution in [2.45, 2.75) is 11.2 Å². The first-order chi connectivity index (χ1) is 7.81. The SMILES string of the molecule is COC(OC)/C(=C/C=O)Sc1ccccc1. The zero-order chi connectivity index (χ0) is 11.8. The fourth-order valence-corrected chi connectivity index (χ4v) is 2.16. The first kappa shape index (κ1) is 13.0. The molecule has 0 fully saturated rings. The van der Waals surface area contributed by atoms with E-state index in [4.69, 9.17) is 9.47 Å². The number of hydrogen-bond donors (Lipinski definition) is 0. The van der Waals surface area contributed by atoms with Crippen molar-refractivity contribution >= 4 is 18.0 Å². The van der Waals surface area contributed by atoms with Crippen LogP contribution in [-0.4, -0.2) is 26.8 Å². The molecular weight excluding hydrogens is 224 g/mol. The summed E-state index contributed by atoms with van der Waals surface area (Å²) in [5.41, 5.74) is 0. The van der Waals surface area contributed by atoms with Gasteiger partial charge in [0.1, 0.15) is 6.29 Å². The first-order valence-electron chi connectivity index (χ1n) is 4.75. The fourth-order valence-electron chi connectivity index (χ4n) is 1.18. The molecule has 1 rings (SSSR count). The Kier molecular flexibility index (Phi) is 5.85. The lowest BCUT2D eigenvalue weighted by molar-refractivity contribution is -0.104. The molecule has 0 saturated carbocycles. The second kappa shape index (κ2) is 7.22. The number of rotatable bonds is 6. The summed E-state index contributed by atoms with van der Waals surface area (Å²) in [6, 6.07) is 9.75. The molecular formula is C12H14O3S. The topological polar surface area (TPSA) is 35.5 Å². The molecule has 1 aromatic rings. The summed E-state index contributed by atoms with van der Waals surface area (Å²) >= 11 is 1.45. The van der Waals surface area contributed by atoms with Gasteiger partial charge in [-0.15, -0.1) is 0 Å². The van der Waals surface area contributed by atoms with E-state index in [2.05, 4.69) is 0 Å². The van der Waals surface area contributed by atoms with Gasteiger partial charge in [0.2, 0.25) is 0 Å². The van der Waals surface area contributed by atoms with Gasteiger partial charge >= 0.3 is 0 Å². The van der Waals surface area contributed by atoms with E-state index >= 15 is 0 Å². The van der Waals surface area contributed by atoms with Gasteiger partial charge in [-0.25, -0.2) is 0 Å². The summed E-state index contributed by atoms with van der Waals surface area (Å²) < 4.78 is 10.2. The van der Waals surface area contributed by atoms with E-state index in [1.165, 1.54) is 17.8 Å². The van der Waals surface area contributed by atoms with Crippen molar-refractivity contribution in [1.29, 1.82) is 0 Å². The molecule has 0 aliphatic carbocycles. The van der Waals surface area contributed by atoms with E-state index < -0.39 is 6.29 Å². The number of aldehydes is 1. The largest absolute Gasteiger partial charge is 0.351 e. The molecule has 3 nitrogen and oxygen atoms in total. The van der Waals surface area contributed by atoms with E-state index in [9.17, 15) is 4.79 Å². The van der Waals surface area contributed by atoms with Crippen molar-refractivity contribution in [2.24, 2.45) is 0 Å². The number of methoxy groups -OCH3 is 2. The van der Waals surface area contributed by atoms with Gasteiger partial charge in [-0.1, -0.05) is 30.0 Å². The van der Waals surface area contributed by atoms with Gasteiger partial charge in [0, 0.05) is 24.0 Å². The predicted octanol–water partition coefficient (Wildman–Crippen LogP) is 2.48. The van der Waals surface area contributed by atoms with Crippen LogP contribution in [0, 0.1) is 0 Å². The van der Waals surface area contributed by atoms with Crippen LogP contribution in [-0.2, 0) is 14.3 Å². The lowest BCUT2D eigenvalue weighted by Gasteiger charge is -2.16. The summed E-state index contributed by atoms with van der Waals surface area (Å²) in [7, 11) is 3.08. The highest BCUT2D eigenvalue weighted by Gasteiger charge is 2.13. The normalized spacial score (nSPS) is 11.8. The third kappa shape index (κ3) is 3.81. The average molecular weight is 238 g/mol. The molecule has 0 bridgehead atoms. The molecule has 0 heterocycles. The number of ether oxygens (including phenoxy) is 2. The second-order valence-electron chi connectivity index (χ2n) is 2.92. The second-order valence-corrected chi connectivity index (χ2v) is 4.07. The molecule has 0 spiro atoms. The van der Waals surface area contributed by atoms with Gasteiger partial charge in [0.15, 0.2) is 6.29 Å². The van der Waals surface area contributed by atoms with E-state index in [-0.39, 0.29) is 0 Å². The van der Waals surface area contributed by atoms with Crippen molar-refractivity contribution < 1.29 is 14.3 Å². The smallest absolute Gasteiger partial charge is 0.189 e. The number of allylic oxidation sites excluding steroid dienone is 1. The minimum Gasteiger partial charge on any atom is -0.351 e. The lowest BCUT2D eigenvalue weighted by atomic mass is 10.4. The van der Waals surface area contributed by atoms with Gasteiger partial charge in [-0.3, -0.25) is 4.79 Å². The van der Waals surface area contributed by atoms with Crippen LogP contribution in [0.3, 0.4) is 0 Å². The minimum absolute atomic E-state index is 0.504. The molecule has 0 aromatic heterocycles. The summed E-state index contributed by atoms with van der Waals surface area (Å²) in [5, 5.41) is 0. The fraction of sp³-hybridized carbons (Fsp3) is 0.250.